The number of carbonyl (C=O) groups excluding carboxylic acids is 1. The predicted molar refractivity (Wildman–Crippen MR) is 77.8 cm³/mol. The van der Waals surface area contributed by atoms with Crippen molar-refractivity contribution in [3.05, 3.63) is 58.3 Å². The fraction of sp³-hybridized carbons (Fsp3) is 0.267. The van der Waals surface area contributed by atoms with Crippen molar-refractivity contribution in [2.45, 2.75) is 26.3 Å². The number of carbonyl (C=O) groups is 1. The second-order valence-corrected chi connectivity index (χ2v) is 4.60. The van der Waals surface area contributed by atoms with Gasteiger partial charge in [-0.05, 0) is 30.7 Å². The number of unbranched alkanes of at least 4 members (excludes halogenated alkanes) is 1. The first kappa shape index (κ1) is 14.9. The van der Waals surface area contributed by atoms with Gasteiger partial charge in [0.25, 0.3) is 11.5 Å². The molecule has 21 heavy (non-hydrogen) atoms. The van der Waals surface area contributed by atoms with Crippen molar-refractivity contribution >= 4 is 11.6 Å². The lowest BCUT2D eigenvalue weighted by Gasteiger charge is -2.07. The van der Waals surface area contributed by atoms with Crippen molar-refractivity contribution in [2.75, 3.05) is 5.32 Å². The minimum absolute atomic E-state index is 0.120. The van der Waals surface area contributed by atoms with Gasteiger partial charge in [-0.15, -0.1) is 0 Å². The Bertz CT molecular complexity index is 697. The number of benzene rings is 1. The molecule has 1 heterocycles. The third-order valence-corrected chi connectivity index (χ3v) is 2.91. The lowest BCUT2D eigenvalue weighted by Crippen LogP contribution is -2.26. The molecule has 110 valence electrons. The Hall–Kier alpha value is -2.50. The summed E-state index contributed by atoms with van der Waals surface area (Å²) >= 11 is 0. The zero-order valence-electron chi connectivity index (χ0n) is 11.7. The van der Waals surface area contributed by atoms with Gasteiger partial charge >= 0.3 is 0 Å². The van der Waals surface area contributed by atoms with Crippen LogP contribution in [0.5, 0.6) is 0 Å². The molecule has 2 aromatic rings. The number of anilines is 1. The maximum Gasteiger partial charge on any atom is 0.276 e. The molecule has 0 aliphatic rings. The van der Waals surface area contributed by atoms with Crippen LogP contribution in [0.15, 0.2) is 41.2 Å². The van der Waals surface area contributed by atoms with Crippen molar-refractivity contribution in [1.82, 2.24) is 9.78 Å². The molecule has 1 N–H and O–H groups in total. The average Bonchev–Trinajstić information content (AvgIpc) is 2.46. The first-order chi connectivity index (χ1) is 10.1. The van der Waals surface area contributed by atoms with E-state index in [0.29, 0.717) is 12.2 Å². The van der Waals surface area contributed by atoms with E-state index in [2.05, 4.69) is 10.4 Å². The van der Waals surface area contributed by atoms with Gasteiger partial charge in [0.1, 0.15) is 11.5 Å². The van der Waals surface area contributed by atoms with Gasteiger partial charge < -0.3 is 5.32 Å². The van der Waals surface area contributed by atoms with Gasteiger partial charge in [-0.3, -0.25) is 9.59 Å². The van der Waals surface area contributed by atoms with Crippen LogP contribution in [-0.4, -0.2) is 15.7 Å². The van der Waals surface area contributed by atoms with E-state index in [9.17, 15) is 14.0 Å². The zero-order chi connectivity index (χ0) is 15.2. The Morgan fingerprint density at radius 2 is 2.14 bits per heavy atom. The van der Waals surface area contributed by atoms with Crippen molar-refractivity contribution in [3.63, 3.8) is 0 Å². The van der Waals surface area contributed by atoms with Gasteiger partial charge in [-0.1, -0.05) is 19.4 Å². The first-order valence-corrected chi connectivity index (χ1v) is 6.75. The second-order valence-electron chi connectivity index (χ2n) is 4.60. The van der Waals surface area contributed by atoms with E-state index in [4.69, 9.17) is 0 Å². The van der Waals surface area contributed by atoms with E-state index in [1.54, 1.807) is 6.07 Å². The number of nitrogens with one attached hydrogen (secondary N) is 1. The van der Waals surface area contributed by atoms with Crippen LogP contribution in [-0.2, 0) is 6.54 Å². The SMILES string of the molecule is CCCCn1nc(C(=O)Nc2cccc(F)c2)ccc1=O. The highest BCUT2D eigenvalue weighted by atomic mass is 19.1. The second kappa shape index (κ2) is 6.78. The standard InChI is InChI=1S/C15H16FN3O2/c1-2-3-9-19-14(20)8-7-13(18-19)15(21)17-12-6-4-5-11(16)10-12/h4-8,10H,2-3,9H2,1H3,(H,17,21). The summed E-state index contributed by atoms with van der Waals surface area (Å²) in [6.45, 7) is 2.47. The number of aryl methyl sites for hydroxylation is 1. The minimum atomic E-state index is -0.481. The Kier molecular flexibility index (Phi) is 4.81. The Balaban J connectivity index is 2.17. The van der Waals surface area contributed by atoms with Crippen molar-refractivity contribution < 1.29 is 9.18 Å². The number of hydrogen-bond donors (Lipinski definition) is 1. The number of aromatic nitrogens is 2. The quantitative estimate of drug-likeness (QED) is 0.919. The Labute approximate surface area is 121 Å². The lowest BCUT2D eigenvalue weighted by atomic mass is 10.3. The van der Waals surface area contributed by atoms with E-state index in [1.165, 1.54) is 35.0 Å². The average molecular weight is 289 g/mol. The molecule has 0 saturated carbocycles. The monoisotopic (exact) mass is 289 g/mol. The fourth-order valence-electron chi connectivity index (χ4n) is 1.80. The molecule has 0 bridgehead atoms. The van der Waals surface area contributed by atoms with Crippen molar-refractivity contribution in [2.24, 2.45) is 0 Å². The molecule has 0 atom stereocenters. The maximum atomic E-state index is 13.1. The summed E-state index contributed by atoms with van der Waals surface area (Å²) in [4.78, 5) is 23.7. The largest absolute Gasteiger partial charge is 0.320 e. The number of rotatable bonds is 5. The molecule has 0 unspecified atom stereocenters. The molecule has 0 aliphatic carbocycles. The fourth-order valence-corrected chi connectivity index (χ4v) is 1.80. The molecule has 0 radical (unpaired) electrons. The molecule has 6 heteroatoms. The van der Waals surface area contributed by atoms with Gasteiger partial charge in [0.05, 0.1) is 0 Å². The molecule has 0 fully saturated rings. The van der Waals surface area contributed by atoms with E-state index in [1.807, 2.05) is 6.92 Å². The molecule has 0 aliphatic heterocycles. The van der Waals surface area contributed by atoms with Crippen LogP contribution in [0.3, 0.4) is 0 Å². The third-order valence-electron chi connectivity index (χ3n) is 2.91. The summed E-state index contributed by atoms with van der Waals surface area (Å²) in [5, 5.41) is 6.57. The summed E-state index contributed by atoms with van der Waals surface area (Å²) in [6, 6.07) is 8.25. The van der Waals surface area contributed by atoms with Crippen LogP contribution < -0.4 is 10.9 Å². The number of amides is 1. The topological polar surface area (TPSA) is 64.0 Å². The molecule has 5 nitrogen and oxygen atoms in total. The van der Waals surface area contributed by atoms with Crippen LogP contribution in [0.4, 0.5) is 10.1 Å². The van der Waals surface area contributed by atoms with E-state index in [-0.39, 0.29) is 11.3 Å². The summed E-state index contributed by atoms with van der Waals surface area (Å²) < 4.78 is 14.3. The van der Waals surface area contributed by atoms with Gasteiger partial charge in [0, 0.05) is 18.3 Å². The van der Waals surface area contributed by atoms with Crippen molar-refractivity contribution in [1.29, 1.82) is 0 Å². The number of halogens is 1. The zero-order valence-corrected chi connectivity index (χ0v) is 11.7. The molecule has 1 aromatic carbocycles. The first-order valence-electron chi connectivity index (χ1n) is 6.75. The smallest absolute Gasteiger partial charge is 0.276 e. The van der Waals surface area contributed by atoms with E-state index < -0.39 is 11.7 Å². The summed E-state index contributed by atoms with van der Waals surface area (Å²) in [5.41, 5.74) is 0.217. The third kappa shape index (κ3) is 3.98. The highest BCUT2D eigenvalue weighted by molar-refractivity contribution is 6.02. The summed E-state index contributed by atoms with van der Waals surface area (Å²) in [6.07, 6.45) is 1.73. The van der Waals surface area contributed by atoms with Crippen molar-refractivity contribution in [3.8, 4) is 0 Å². The van der Waals surface area contributed by atoms with Gasteiger partial charge in [-0.2, -0.15) is 5.10 Å². The Morgan fingerprint density at radius 3 is 2.86 bits per heavy atom. The predicted octanol–water partition coefficient (Wildman–Crippen LogP) is 2.43. The van der Waals surface area contributed by atoms with Crippen LogP contribution in [0.25, 0.3) is 0 Å². The number of nitrogens with zero attached hydrogens (tertiary/aromatic N) is 2. The van der Waals surface area contributed by atoms with Crippen LogP contribution in [0.2, 0.25) is 0 Å². The molecule has 0 saturated heterocycles. The molecule has 2 rings (SSSR count). The van der Waals surface area contributed by atoms with Gasteiger partial charge in [-0.25, -0.2) is 9.07 Å². The normalized spacial score (nSPS) is 10.4. The molecule has 1 aromatic heterocycles. The minimum Gasteiger partial charge on any atom is -0.320 e. The van der Waals surface area contributed by atoms with Crippen LogP contribution in [0.1, 0.15) is 30.3 Å². The van der Waals surface area contributed by atoms with Gasteiger partial charge in [0.15, 0.2) is 0 Å². The maximum absolute atomic E-state index is 13.1. The highest BCUT2D eigenvalue weighted by Crippen LogP contribution is 2.10. The number of hydrogen-bond acceptors (Lipinski definition) is 3. The molecule has 0 spiro atoms. The molecular weight excluding hydrogens is 273 g/mol. The Morgan fingerprint density at radius 1 is 1.33 bits per heavy atom. The van der Waals surface area contributed by atoms with E-state index in [0.717, 1.165) is 12.8 Å². The highest BCUT2D eigenvalue weighted by Gasteiger charge is 2.10. The molecular formula is C15H16FN3O2. The summed E-state index contributed by atoms with van der Waals surface area (Å²) in [7, 11) is 0. The molecule has 1 amide bonds. The lowest BCUT2D eigenvalue weighted by molar-refractivity contribution is 0.101. The van der Waals surface area contributed by atoms with E-state index >= 15 is 0 Å². The van der Waals surface area contributed by atoms with Gasteiger partial charge in [0.2, 0.25) is 0 Å². The van der Waals surface area contributed by atoms with Crippen LogP contribution in [0, 0.1) is 5.82 Å². The van der Waals surface area contributed by atoms with Crippen LogP contribution >= 0.6 is 0 Å². The summed E-state index contributed by atoms with van der Waals surface area (Å²) in [5.74, 6) is -0.917.